The lowest BCUT2D eigenvalue weighted by Crippen LogP contribution is -2.33. The van der Waals surface area contributed by atoms with Gasteiger partial charge in [-0.15, -0.1) is 0 Å². The van der Waals surface area contributed by atoms with Crippen LogP contribution in [0, 0.1) is 24.2 Å². The minimum absolute atomic E-state index is 0.293. The minimum Gasteiger partial charge on any atom is -0.497 e. The van der Waals surface area contributed by atoms with E-state index in [-0.39, 0.29) is 11.8 Å². The van der Waals surface area contributed by atoms with Crippen LogP contribution in [0.4, 0.5) is 5.69 Å². The maximum absolute atomic E-state index is 13.4. The zero-order valence-corrected chi connectivity index (χ0v) is 16.8. The summed E-state index contributed by atoms with van der Waals surface area (Å²) < 4.78 is 5.21. The van der Waals surface area contributed by atoms with Gasteiger partial charge in [-0.1, -0.05) is 41.6 Å². The Kier molecular flexibility index (Phi) is 4.81. The fourth-order valence-electron chi connectivity index (χ4n) is 3.90. The molecule has 3 atom stereocenters. The van der Waals surface area contributed by atoms with E-state index in [1.165, 1.54) is 4.90 Å². The third kappa shape index (κ3) is 3.06. The van der Waals surface area contributed by atoms with Crippen LogP contribution in [0.1, 0.15) is 17.0 Å². The minimum atomic E-state index is -0.691. The molecule has 146 valence electrons. The molecule has 6 nitrogen and oxygen atoms in total. The fraction of sp³-hybridized carbons (Fsp3) is 0.227. The lowest BCUT2D eigenvalue weighted by atomic mass is 9.79. The molecule has 2 amide bonds. The zero-order valence-electron chi connectivity index (χ0n) is 16.0. The van der Waals surface area contributed by atoms with Crippen LogP contribution < -0.4 is 15.4 Å². The quantitative estimate of drug-likeness (QED) is 0.789. The molecule has 2 heterocycles. The van der Waals surface area contributed by atoms with Gasteiger partial charge in [-0.2, -0.15) is 5.26 Å². The number of hydrogen-bond donors (Lipinski definition) is 1. The number of methoxy groups -OCH3 is 1. The highest BCUT2D eigenvalue weighted by molar-refractivity contribution is 8.04. The van der Waals surface area contributed by atoms with E-state index in [1.807, 2.05) is 31.2 Å². The summed E-state index contributed by atoms with van der Waals surface area (Å²) in [6, 6.07) is 16.6. The van der Waals surface area contributed by atoms with E-state index in [4.69, 9.17) is 10.5 Å². The number of aryl methyl sites for hydroxylation is 1. The van der Waals surface area contributed by atoms with Gasteiger partial charge >= 0.3 is 0 Å². The van der Waals surface area contributed by atoms with Gasteiger partial charge in [-0.05, 0) is 36.8 Å². The predicted octanol–water partition coefficient (Wildman–Crippen LogP) is 3.09. The Morgan fingerprint density at radius 1 is 1.07 bits per heavy atom. The van der Waals surface area contributed by atoms with Crippen LogP contribution in [0.25, 0.3) is 0 Å². The Labute approximate surface area is 172 Å². The van der Waals surface area contributed by atoms with Crippen molar-refractivity contribution in [2.45, 2.75) is 18.1 Å². The van der Waals surface area contributed by atoms with Crippen molar-refractivity contribution in [2.24, 2.45) is 11.7 Å². The average Bonchev–Trinajstić information content (AvgIpc) is 2.97. The molecule has 7 heteroatoms. The molecule has 2 aliphatic heterocycles. The van der Waals surface area contributed by atoms with Crippen LogP contribution in [0.5, 0.6) is 5.75 Å². The van der Waals surface area contributed by atoms with E-state index in [9.17, 15) is 14.9 Å². The third-order valence-electron chi connectivity index (χ3n) is 5.37. The zero-order chi connectivity index (χ0) is 20.7. The van der Waals surface area contributed by atoms with Crippen molar-refractivity contribution < 1.29 is 14.3 Å². The summed E-state index contributed by atoms with van der Waals surface area (Å²) in [5, 5.41) is 9.38. The number of imide groups is 1. The highest BCUT2D eigenvalue weighted by atomic mass is 32.2. The lowest BCUT2D eigenvalue weighted by molar-refractivity contribution is -0.122. The topological polar surface area (TPSA) is 96.4 Å². The molecule has 2 aromatic rings. The number of nitrogens with two attached hydrogens (primary N) is 1. The number of amides is 2. The summed E-state index contributed by atoms with van der Waals surface area (Å²) >= 11 is 1.11. The van der Waals surface area contributed by atoms with Crippen molar-refractivity contribution in [3.63, 3.8) is 0 Å². The van der Waals surface area contributed by atoms with E-state index in [1.54, 1.807) is 31.4 Å². The molecular weight excluding hydrogens is 386 g/mol. The number of rotatable bonds is 3. The van der Waals surface area contributed by atoms with Crippen molar-refractivity contribution in [1.29, 1.82) is 5.26 Å². The number of carbonyl (C=O) groups excluding carboxylic acids is 2. The van der Waals surface area contributed by atoms with Crippen LogP contribution in [0.3, 0.4) is 0 Å². The number of hydrogen-bond acceptors (Lipinski definition) is 6. The lowest BCUT2D eigenvalue weighted by Gasteiger charge is -2.30. The van der Waals surface area contributed by atoms with Crippen LogP contribution in [-0.4, -0.2) is 24.2 Å². The molecule has 0 radical (unpaired) electrons. The average molecular weight is 405 g/mol. The highest BCUT2D eigenvalue weighted by Crippen LogP contribution is 2.50. The van der Waals surface area contributed by atoms with E-state index in [0.717, 1.165) is 22.9 Å². The SMILES string of the molecule is COc1ccc([C@@H]2C(C#N)=C(N)S[C@H]3C(=O)N(c4ccc(C)cc4)C(=O)[C@@H]32)cc1. The Balaban J connectivity index is 1.80. The van der Waals surface area contributed by atoms with Crippen LogP contribution in [0.15, 0.2) is 59.1 Å². The first-order valence-corrected chi connectivity index (χ1v) is 9.99. The number of anilines is 1. The van der Waals surface area contributed by atoms with E-state index >= 15 is 0 Å². The first kappa shape index (κ1) is 19.1. The fourth-order valence-corrected chi connectivity index (χ4v) is 5.10. The summed E-state index contributed by atoms with van der Waals surface area (Å²) in [4.78, 5) is 27.8. The standard InChI is InChI=1S/C22H19N3O3S/c1-12-3-7-14(8-4-12)25-21(26)18-17(13-5-9-15(28-2)10-6-13)16(11-23)20(24)29-19(18)22(25)27/h3-10,17-19H,24H2,1-2H3/t17-,18-,19-/m1/s1. The van der Waals surface area contributed by atoms with Gasteiger partial charge in [0.05, 0.1) is 35.4 Å². The van der Waals surface area contributed by atoms with Crippen LogP contribution >= 0.6 is 11.8 Å². The molecule has 0 aliphatic carbocycles. The van der Waals surface area contributed by atoms with Gasteiger partial charge in [0.1, 0.15) is 11.0 Å². The monoisotopic (exact) mass is 405 g/mol. The largest absolute Gasteiger partial charge is 0.497 e. The van der Waals surface area contributed by atoms with E-state index in [2.05, 4.69) is 6.07 Å². The van der Waals surface area contributed by atoms with Gasteiger partial charge < -0.3 is 10.5 Å². The van der Waals surface area contributed by atoms with Gasteiger partial charge in [0, 0.05) is 5.92 Å². The smallest absolute Gasteiger partial charge is 0.248 e. The number of allylic oxidation sites excluding steroid dienone is 1. The van der Waals surface area contributed by atoms with Gasteiger partial charge in [0.25, 0.3) is 0 Å². The second-order valence-corrected chi connectivity index (χ2v) is 8.24. The molecule has 0 spiro atoms. The summed E-state index contributed by atoms with van der Waals surface area (Å²) in [7, 11) is 1.57. The number of ether oxygens (including phenoxy) is 1. The maximum Gasteiger partial charge on any atom is 0.248 e. The van der Waals surface area contributed by atoms with Gasteiger partial charge in [-0.3, -0.25) is 9.59 Å². The first-order valence-electron chi connectivity index (χ1n) is 9.11. The summed E-state index contributed by atoms with van der Waals surface area (Å²) in [6.07, 6.45) is 0. The molecule has 2 aliphatic rings. The van der Waals surface area contributed by atoms with Crippen molar-refractivity contribution >= 4 is 29.3 Å². The van der Waals surface area contributed by atoms with Crippen LogP contribution in [-0.2, 0) is 9.59 Å². The molecule has 2 aromatic carbocycles. The first-order chi connectivity index (χ1) is 14.0. The molecule has 0 bridgehead atoms. The molecule has 0 aromatic heterocycles. The van der Waals surface area contributed by atoms with Crippen molar-refractivity contribution in [3.8, 4) is 11.8 Å². The Morgan fingerprint density at radius 2 is 1.72 bits per heavy atom. The molecule has 1 saturated heterocycles. The summed E-state index contributed by atoms with van der Waals surface area (Å²) in [5.41, 5.74) is 8.81. The van der Waals surface area contributed by atoms with Gasteiger partial charge in [-0.25, -0.2) is 4.90 Å². The van der Waals surface area contributed by atoms with Crippen molar-refractivity contribution in [2.75, 3.05) is 12.0 Å². The Bertz CT molecular complexity index is 1050. The van der Waals surface area contributed by atoms with E-state index in [0.29, 0.717) is 22.0 Å². The highest BCUT2D eigenvalue weighted by Gasteiger charge is 2.56. The van der Waals surface area contributed by atoms with Crippen LogP contribution in [0.2, 0.25) is 0 Å². The maximum atomic E-state index is 13.4. The molecular formula is C22H19N3O3S. The van der Waals surface area contributed by atoms with Gasteiger partial charge in [0.2, 0.25) is 11.8 Å². The molecule has 2 N–H and O–H groups in total. The molecule has 0 unspecified atom stereocenters. The van der Waals surface area contributed by atoms with Crippen molar-refractivity contribution in [1.82, 2.24) is 0 Å². The number of nitrogens with zero attached hydrogens (tertiary/aromatic N) is 2. The second kappa shape index (κ2) is 7.30. The summed E-state index contributed by atoms with van der Waals surface area (Å²) in [5.74, 6) is -1.21. The van der Waals surface area contributed by atoms with E-state index < -0.39 is 17.1 Å². The normalized spacial score (nSPS) is 23.8. The number of thioether (sulfide) groups is 1. The number of fused-ring (bicyclic) bond motifs is 1. The Morgan fingerprint density at radius 3 is 2.31 bits per heavy atom. The summed E-state index contributed by atoms with van der Waals surface area (Å²) in [6.45, 7) is 1.94. The second-order valence-electron chi connectivity index (χ2n) is 7.05. The van der Waals surface area contributed by atoms with Crippen molar-refractivity contribution in [3.05, 3.63) is 70.3 Å². The predicted molar refractivity (Wildman–Crippen MR) is 111 cm³/mol. The molecule has 0 saturated carbocycles. The molecule has 29 heavy (non-hydrogen) atoms. The number of benzene rings is 2. The molecule has 1 fully saturated rings. The van der Waals surface area contributed by atoms with Gasteiger partial charge in [0.15, 0.2) is 0 Å². The number of nitriles is 1. The Hall–Kier alpha value is -3.24. The number of carbonyl (C=O) groups is 2. The molecule has 4 rings (SSSR count). The third-order valence-corrected chi connectivity index (χ3v) is 6.60.